The van der Waals surface area contributed by atoms with Gasteiger partial charge >= 0.3 is 0 Å². The van der Waals surface area contributed by atoms with Crippen molar-refractivity contribution in [3.8, 4) is 0 Å². The SMILES string of the molecule is CSc1cc(C)c(C)c(C2(N)CCCC2)c1. The van der Waals surface area contributed by atoms with Crippen LogP contribution in [0, 0.1) is 13.8 Å². The van der Waals surface area contributed by atoms with E-state index in [0.29, 0.717) is 0 Å². The van der Waals surface area contributed by atoms with Crippen LogP contribution in [0.15, 0.2) is 17.0 Å². The van der Waals surface area contributed by atoms with Gasteiger partial charge in [-0.25, -0.2) is 0 Å². The Bertz CT molecular complexity index is 392. The molecule has 0 amide bonds. The van der Waals surface area contributed by atoms with Gasteiger partial charge in [0.05, 0.1) is 0 Å². The summed E-state index contributed by atoms with van der Waals surface area (Å²) in [6.07, 6.45) is 6.97. The van der Waals surface area contributed by atoms with E-state index in [2.05, 4.69) is 32.2 Å². The Morgan fingerprint density at radius 3 is 2.38 bits per heavy atom. The van der Waals surface area contributed by atoms with Crippen LogP contribution in [0.25, 0.3) is 0 Å². The number of nitrogens with two attached hydrogens (primary N) is 1. The maximum atomic E-state index is 6.56. The quantitative estimate of drug-likeness (QED) is 0.790. The van der Waals surface area contributed by atoms with E-state index in [1.54, 1.807) is 0 Å². The summed E-state index contributed by atoms with van der Waals surface area (Å²) in [7, 11) is 0. The molecule has 0 atom stereocenters. The Kier molecular flexibility index (Phi) is 3.32. The summed E-state index contributed by atoms with van der Waals surface area (Å²) in [5.41, 5.74) is 10.7. The number of hydrogen-bond donors (Lipinski definition) is 1. The molecule has 0 heterocycles. The van der Waals surface area contributed by atoms with Crippen LogP contribution in [-0.2, 0) is 5.54 Å². The molecule has 0 spiro atoms. The molecule has 0 aliphatic heterocycles. The molecule has 1 aromatic rings. The maximum absolute atomic E-state index is 6.56. The normalized spacial score (nSPS) is 19.0. The minimum atomic E-state index is -0.0550. The molecule has 1 aliphatic carbocycles. The fraction of sp³-hybridized carbons (Fsp3) is 0.571. The van der Waals surface area contributed by atoms with E-state index in [0.717, 1.165) is 12.8 Å². The van der Waals surface area contributed by atoms with Crippen LogP contribution in [0.1, 0.15) is 42.4 Å². The Balaban J connectivity index is 2.50. The average molecular weight is 235 g/mol. The van der Waals surface area contributed by atoms with E-state index < -0.39 is 0 Å². The molecule has 0 aromatic heterocycles. The second-order valence-electron chi connectivity index (χ2n) is 4.98. The van der Waals surface area contributed by atoms with Crippen LogP contribution in [0.5, 0.6) is 0 Å². The molecule has 2 heteroatoms. The zero-order chi connectivity index (χ0) is 11.8. The molecular weight excluding hydrogens is 214 g/mol. The standard InChI is InChI=1S/C14H21NS/c1-10-8-12(16-3)9-13(11(10)2)14(15)6-4-5-7-14/h8-9H,4-7,15H2,1-3H3. The summed E-state index contributed by atoms with van der Waals surface area (Å²) in [6.45, 7) is 4.40. The highest BCUT2D eigenvalue weighted by molar-refractivity contribution is 7.98. The van der Waals surface area contributed by atoms with E-state index in [-0.39, 0.29) is 5.54 Å². The fourth-order valence-corrected chi connectivity index (χ4v) is 3.27. The summed E-state index contributed by atoms with van der Waals surface area (Å²) < 4.78 is 0. The number of hydrogen-bond acceptors (Lipinski definition) is 2. The van der Waals surface area contributed by atoms with E-state index in [1.165, 1.54) is 34.4 Å². The van der Waals surface area contributed by atoms with Gasteiger partial charge in [0.2, 0.25) is 0 Å². The number of benzene rings is 1. The molecule has 1 fully saturated rings. The van der Waals surface area contributed by atoms with E-state index in [4.69, 9.17) is 5.73 Å². The Morgan fingerprint density at radius 2 is 1.81 bits per heavy atom. The van der Waals surface area contributed by atoms with Crippen molar-refractivity contribution in [1.29, 1.82) is 0 Å². The third kappa shape index (κ3) is 2.01. The zero-order valence-electron chi connectivity index (χ0n) is 10.5. The lowest BCUT2D eigenvalue weighted by Crippen LogP contribution is -2.34. The molecule has 16 heavy (non-hydrogen) atoms. The van der Waals surface area contributed by atoms with E-state index >= 15 is 0 Å². The lowest BCUT2D eigenvalue weighted by Gasteiger charge is -2.27. The molecule has 1 saturated carbocycles. The summed E-state index contributed by atoms with van der Waals surface area (Å²) in [5, 5.41) is 0. The molecule has 1 nitrogen and oxygen atoms in total. The number of aryl methyl sites for hydroxylation is 1. The van der Waals surface area contributed by atoms with Crippen molar-refractivity contribution in [3.05, 3.63) is 28.8 Å². The Hall–Kier alpha value is -0.470. The molecule has 0 radical (unpaired) electrons. The summed E-state index contributed by atoms with van der Waals surface area (Å²) in [4.78, 5) is 1.34. The molecule has 1 aromatic carbocycles. The monoisotopic (exact) mass is 235 g/mol. The predicted molar refractivity (Wildman–Crippen MR) is 72.0 cm³/mol. The first-order valence-corrected chi connectivity index (χ1v) is 7.24. The lowest BCUT2D eigenvalue weighted by molar-refractivity contribution is 0.458. The molecule has 0 saturated heterocycles. The Morgan fingerprint density at radius 1 is 1.19 bits per heavy atom. The third-order valence-corrected chi connectivity index (χ3v) is 4.62. The van der Waals surface area contributed by atoms with Gasteiger partial charge in [0.25, 0.3) is 0 Å². The molecule has 2 N–H and O–H groups in total. The first kappa shape index (κ1) is 12.0. The van der Waals surface area contributed by atoms with Crippen LogP contribution in [0.4, 0.5) is 0 Å². The van der Waals surface area contributed by atoms with Crippen molar-refractivity contribution >= 4 is 11.8 Å². The first-order valence-electron chi connectivity index (χ1n) is 6.01. The van der Waals surface area contributed by atoms with Crippen molar-refractivity contribution < 1.29 is 0 Å². The van der Waals surface area contributed by atoms with Crippen molar-refractivity contribution in [3.63, 3.8) is 0 Å². The predicted octanol–water partition coefficient (Wildman–Crippen LogP) is 3.75. The highest BCUT2D eigenvalue weighted by Crippen LogP contribution is 2.39. The lowest BCUT2D eigenvalue weighted by atomic mass is 9.85. The summed E-state index contributed by atoms with van der Waals surface area (Å²) in [5.74, 6) is 0. The summed E-state index contributed by atoms with van der Waals surface area (Å²) in [6, 6.07) is 4.57. The van der Waals surface area contributed by atoms with Crippen LogP contribution >= 0.6 is 11.8 Å². The van der Waals surface area contributed by atoms with Gasteiger partial charge < -0.3 is 5.73 Å². The fourth-order valence-electron chi connectivity index (χ4n) is 2.74. The largest absolute Gasteiger partial charge is 0.321 e. The van der Waals surface area contributed by atoms with Crippen LogP contribution in [-0.4, -0.2) is 6.26 Å². The van der Waals surface area contributed by atoms with Gasteiger partial charge in [0, 0.05) is 10.4 Å². The molecule has 2 rings (SSSR count). The third-order valence-electron chi connectivity index (χ3n) is 3.91. The van der Waals surface area contributed by atoms with E-state index in [1.807, 2.05) is 11.8 Å². The summed E-state index contributed by atoms with van der Waals surface area (Å²) >= 11 is 1.81. The molecular formula is C14H21NS. The van der Waals surface area contributed by atoms with Crippen molar-refractivity contribution in [1.82, 2.24) is 0 Å². The maximum Gasteiger partial charge on any atom is 0.0412 e. The zero-order valence-corrected chi connectivity index (χ0v) is 11.3. The van der Waals surface area contributed by atoms with Crippen molar-refractivity contribution in [2.75, 3.05) is 6.26 Å². The molecule has 1 aliphatic rings. The smallest absolute Gasteiger partial charge is 0.0412 e. The topological polar surface area (TPSA) is 26.0 Å². The number of thioether (sulfide) groups is 1. The molecule has 88 valence electrons. The second kappa shape index (κ2) is 4.42. The van der Waals surface area contributed by atoms with Crippen LogP contribution < -0.4 is 5.73 Å². The highest BCUT2D eigenvalue weighted by Gasteiger charge is 2.32. The highest BCUT2D eigenvalue weighted by atomic mass is 32.2. The van der Waals surface area contributed by atoms with Gasteiger partial charge in [-0.1, -0.05) is 12.8 Å². The van der Waals surface area contributed by atoms with Gasteiger partial charge in [-0.3, -0.25) is 0 Å². The molecule has 0 unspecified atom stereocenters. The minimum absolute atomic E-state index is 0.0550. The first-order chi connectivity index (χ1) is 7.57. The van der Waals surface area contributed by atoms with Crippen LogP contribution in [0.2, 0.25) is 0 Å². The average Bonchev–Trinajstić information content (AvgIpc) is 2.70. The minimum Gasteiger partial charge on any atom is -0.321 e. The molecule has 0 bridgehead atoms. The number of rotatable bonds is 2. The van der Waals surface area contributed by atoms with Crippen molar-refractivity contribution in [2.24, 2.45) is 5.73 Å². The van der Waals surface area contributed by atoms with Gasteiger partial charge in [0.1, 0.15) is 0 Å². The van der Waals surface area contributed by atoms with Crippen LogP contribution in [0.3, 0.4) is 0 Å². The van der Waals surface area contributed by atoms with Gasteiger partial charge in [0.15, 0.2) is 0 Å². The second-order valence-corrected chi connectivity index (χ2v) is 5.86. The van der Waals surface area contributed by atoms with Crippen molar-refractivity contribution in [2.45, 2.75) is 50.0 Å². The van der Waals surface area contributed by atoms with Gasteiger partial charge in [-0.15, -0.1) is 11.8 Å². The van der Waals surface area contributed by atoms with Gasteiger partial charge in [-0.05, 0) is 61.8 Å². The Labute approximate surface area is 103 Å². The van der Waals surface area contributed by atoms with E-state index in [9.17, 15) is 0 Å². The van der Waals surface area contributed by atoms with Gasteiger partial charge in [-0.2, -0.15) is 0 Å².